The standard InChI is InChI=1S/C27H22N6O/c1-16-10-23(32-33(16)15-17-6-3-2-4-7-17)25-29-21-11-18-13-27(14-19(18)12-22(21)30-25)20-8-5-9-28-24(20)31-26(27)34/h2-12H,13-15H2,1H3,(H,29,30)(H,28,31,34). The highest BCUT2D eigenvalue weighted by Crippen LogP contribution is 2.47. The number of rotatable bonds is 3. The molecule has 0 radical (unpaired) electrons. The number of nitrogens with one attached hydrogen (secondary N) is 2. The Morgan fingerprint density at radius 1 is 1.03 bits per heavy atom. The number of anilines is 1. The normalized spacial score (nSPS) is 15.6. The van der Waals surface area contributed by atoms with Gasteiger partial charge in [0.15, 0.2) is 5.82 Å². The third-order valence-electron chi connectivity index (χ3n) is 7.18. The minimum absolute atomic E-state index is 0.0362. The van der Waals surface area contributed by atoms with Crippen LogP contribution in [0.1, 0.15) is 27.9 Å². The molecule has 2 aliphatic rings. The molecule has 7 heteroatoms. The molecule has 1 aliphatic carbocycles. The molecular weight excluding hydrogens is 424 g/mol. The molecule has 1 unspecified atom stereocenters. The van der Waals surface area contributed by atoms with Crippen molar-refractivity contribution in [2.24, 2.45) is 0 Å². The number of imidazole rings is 1. The summed E-state index contributed by atoms with van der Waals surface area (Å²) in [6.07, 6.45) is 3.05. The van der Waals surface area contributed by atoms with Gasteiger partial charge in [0, 0.05) is 17.5 Å². The predicted octanol–water partition coefficient (Wildman–Crippen LogP) is 4.17. The second-order valence-electron chi connectivity index (χ2n) is 9.33. The van der Waals surface area contributed by atoms with Gasteiger partial charge in [-0.1, -0.05) is 36.4 Å². The summed E-state index contributed by atoms with van der Waals surface area (Å²) in [6, 6.07) is 20.6. The Morgan fingerprint density at radius 3 is 2.71 bits per heavy atom. The van der Waals surface area contributed by atoms with E-state index in [0.29, 0.717) is 18.7 Å². The zero-order valence-corrected chi connectivity index (χ0v) is 18.7. The van der Waals surface area contributed by atoms with Crippen LogP contribution in [0.25, 0.3) is 22.6 Å². The van der Waals surface area contributed by atoms with Crippen LogP contribution >= 0.6 is 0 Å². The van der Waals surface area contributed by atoms with Crippen molar-refractivity contribution in [2.45, 2.75) is 31.7 Å². The molecule has 1 amide bonds. The lowest BCUT2D eigenvalue weighted by Crippen LogP contribution is -2.35. The van der Waals surface area contributed by atoms with Gasteiger partial charge in [-0.05, 0) is 60.7 Å². The maximum atomic E-state index is 13.0. The van der Waals surface area contributed by atoms with Gasteiger partial charge in [0.2, 0.25) is 5.91 Å². The van der Waals surface area contributed by atoms with Gasteiger partial charge >= 0.3 is 0 Å². The number of nitrogens with zero attached hydrogens (tertiary/aromatic N) is 4. The zero-order chi connectivity index (χ0) is 22.9. The fourth-order valence-electron chi connectivity index (χ4n) is 5.44. The molecule has 0 fully saturated rings. The van der Waals surface area contributed by atoms with Crippen molar-refractivity contribution in [3.63, 3.8) is 0 Å². The summed E-state index contributed by atoms with van der Waals surface area (Å²) >= 11 is 0. The molecular formula is C27H22N6O. The number of aryl methyl sites for hydroxylation is 1. The highest BCUT2D eigenvalue weighted by molar-refractivity contribution is 6.06. The van der Waals surface area contributed by atoms with E-state index in [1.807, 2.05) is 35.0 Å². The Bertz CT molecular complexity index is 1550. The number of fused-ring (bicyclic) bond motifs is 4. The van der Waals surface area contributed by atoms with Crippen molar-refractivity contribution in [1.29, 1.82) is 0 Å². The second kappa shape index (κ2) is 6.87. The van der Waals surface area contributed by atoms with E-state index in [1.165, 1.54) is 16.7 Å². The van der Waals surface area contributed by atoms with Gasteiger partial charge in [-0.25, -0.2) is 9.97 Å². The molecule has 0 bridgehead atoms. The molecule has 3 aromatic heterocycles. The van der Waals surface area contributed by atoms with E-state index >= 15 is 0 Å². The number of carbonyl (C=O) groups excluding carboxylic acids is 1. The number of aromatic nitrogens is 5. The molecule has 1 spiro atoms. The Balaban J connectivity index is 1.22. The molecule has 0 saturated carbocycles. The number of pyridine rings is 1. The van der Waals surface area contributed by atoms with Crippen LogP contribution in [0, 0.1) is 6.92 Å². The predicted molar refractivity (Wildman–Crippen MR) is 130 cm³/mol. The first-order valence-electron chi connectivity index (χ1n) is 11.5. The Labute approximate surface area is 195 Å². The van der Waals surface area contributed by atoms with Crippen LogP contribution in [0.15, 0.2) is 66.9 Å². The first-order valence-corrected chi connectivity index (χ1v) is 11.5. The number of carbonyl (C=O) groups is 1. The quantitative estimate of drug-likeness (QED) is 0.435. The lowest BCUT2D eigenvalue weighted by molar-refractivity contribution is -0.120. The average molecular weight is 447 g/mol. The maximum Gasteiger partial charge on any atom is 0.237 e. The van der Waals surface area contributed by atoms with Crippen LogP contribution in [0.5, 0.6) is 0 Å². The van der Waals surface area contributed by atoms with Crippen molar-refractivity contribution in [3.8, 4) is 11.5 Å². The molecule has 4 heterocycles. The topological polar surface area (TPSA) is 88.5 Å². The van der Waals surface area contributed by atoms with Crippen molar-refractivity contribution in [1.82, 2.24) is 24.7 Å². The number of benzene rings is 2. The molecule has 34 heavy (non-hydrogen) atoms. The van der Waals surface area contributed by atoms with Gasteiger partial charge in [-0.3, -0.25) is 9.48 Å². The van der Waals surface area contributed by atoms with E-state index in [4.69, 9.17) is 10.1 Å². The highest BCUT2D eigenvalue weighted by atomic mass is 16.2. The molecule has 7 nitrogen and oxygen atoms in total. The monoisotopic (exact) mass is 446 g/mol. The number of H-pyrrole nitrogens is 1. The third kappa shape index (κ3) is 2.76. The number of aromatic amines is 1. The average Bonchev–Trinajstić information content (AvgIpc) is 3.58. The maximum absolute atomic E-state index is 13.0. The summed E-state index contributed by atoms with van der Waals surface area (Å²) in [6.45, 7) is 2.79. The van der Waals surface area contributed by atoms with Gasteiger partial charge in [0.05, 0.1) is 23.0 Å². The third-order valence-corrected chi connectivity index (χ3v) is 7.18. The fraction of sp³-hybridized carbons (Fsp3) is 0.185. The van der Waals surface area contributed by atoms with Crippen molar-refractivity contribution in [3.05, 3.63) is 94.8 Å². The Morgan fingerprint density at radius 2 is 1.85 bits per heavy atom. The van der Waals surface area contributed by atoms with Crippen LogP contribution in [0.3, 0.4) is 0 Å². The summed E-state index contributed by atoms with van der Waals surface area (Å²) in [5, 5.41) is 7.78. The van der Waals surface area contributed by atoms with E-state index in [2.05, 4.69) is 52.5 Å². The van der Waals surface area contributed by atoms with E-state index < -0.39 is 5.41 Å². The fourth-order valence-corrected chi connectivity index (χ4v) is 5.44. The highest BCUT2D eigenvalue weighted by Gasteiger charge is 2.51. The first-order chi connectivity index (χ1) is 16.6. The van der Waals surface area contributed by atoms with E-state index in [-0.39, 0.29) is 5.91 Å². The van der Waals surface area contributed by atoms with Crippen molar-refractivity contribution >= 4 is 22.8 Å². The summed E-state index contributed by atoms with van der Waals surface area (Å²) < 4.78 is 2.01. The van der Waals surface area contributed by atoms with Crippen molar-refractivity contribution < 1.29 is 4.79 Å². The van der Waals surface area contributed by atoms with Gasteiger partial charge in [0.25, 0.3) is 0 Å². The number of amides is 1. The van der Waals surface area contributed by atoms with Crippen LogP contribution in [0.4, 0.5) is 5.82 Å². The lowest BCUT2D eigenvalue weighted by atomic mass is 9.79. The van der Waals surface area contributed by atoms with E-state index in [1.54, 1.807) is 6.20 Å². The minimum Gasteiger partial charge on any atom is -0.337 e. The number of hydrogen-bond donors (Lipinski definition) is 2. The molecule has 5 aromatic rings. The summed E-state index contributed by atoms with van der Waals surface area (Å²) in [7, 11) is 0. The van der Waals surface area contributed by atoms with Gasteiger partial charge < -0.3 is 10.3 Å². The molecule has 2 N–H and O–H groups in total. The first kappa shape index (κ1) is 19.2. The zero-order valence-electron chi connectivity index (χ0n) is 18.7. The summed E-state index contributed by atoms with van der Waals surface area (Å²) in [5.74, 6) is 1.48. The number of hydrogen-bond acceptors (Lipinski definition) is 4. The molecule has 1 aliphatic heterocycles. The SMILES string of the molecule is Cc1cc(-c2nc3cc4c(cc3[nH]2)CC2(C4)C(=O)Nc3ncccc32)nn1Cc1ccccc1. The van der Waals surface area contributed by atoms with Crippen LogP contribution in [0.2, 0.25) is 0 Å². The van der Waals surface area contributed by atoms with Gasteiger partial charge in [-0.15, -0.1) is 0 Å². The van der Waals surface area contributed by atoms with E-state index in [0.717, 1.165) is 40.4 Å². The van der Waals surface area contributed by atoms with Crippen LogP contribution in [-0.4, -0.2) is 30.6 Å². The lowest BCUT2D eigenvalue weighted by Gasteiger charge is -2.20. The smallest absolute Gasteiger partial charge is 0.237 e. The molecule has 7 rings (SSSR count). The summed E-state index contributed by atoms with van der Waals surface area (Å²) in [4.78, 5) is 25.6. The van der Waals surface area contributed by atoms with Crippen LogP contribution < -0.4 is 5.32 Å². The second-order valence-corrected chi connectivity index (χ2v) is 9.33. The van der Waals surface area contributed by atoms with Crippen LogP contribution in [-0.2, 0) is 29.6 Å². The Hall–Kier alpha value is -4.26. The molecule has 2 aromatic carbocycles. The summed E-state index contributed by atoms with van der Waals surface area (Å²) in [5.41, 5.74) is 7.76. The minimum atomic E-state index is -0.569. The molecule has 1 atom stereocenters. The Kier molecular flexibility index (Phi) is 3.89. The van der Waals surface area contributed by atoms with Gasteiger partial charge in [0.1, 0.15) is 11.5 Å². The molecule has 166 valence electrons. The largest absolute Gasteiger partial charge is 0.337 e. The van der Waals surface area contributed by atoms with Gasteiger partial charge in [-0.2, -0.15) is 5.10 Å². The van der Waals surface area contributed by atoms with Crippen molar-refractivity contribution in [2.75, 3.05) is 5.32 Å². The molecule has 0 saturated heterocycles. The van der Waals surface area contributed by atoms with E-state index in [9.17, 15) is 4.79 Å².